The molecule has 1 aliphatic heterocycles. The number of sulfonamides is 1. The number of rotatable bonds is 9. The van der Waals surface area contributed by atoms with Gasteiger partial charge >= 0.3 is 6.18 Å². The minimum atomic E-state index is -4.64. The summed E-state index contributed by atoms with van der Waals surface area (Å²) in [4.78, 5) is 12.9. The summed E-state index contributed by atoms with van der Waals surface area (Å²) in [6.45, 7) is 4.74. The summed E-state index contributed by atoms with van der Waals surface area (Å²) in [5.41, 5.74) is 0.565. The van der Waals surface area contributed by atoms with Gasteiger partial charge in [0.05, 0.1) is 30.3 Å². The Bertz CT molecular complexity index is 1270. The van der Waals surface area contributed by atoms with Crippen molar-refractivity contribution in [3.8, 4) is 5.75 Å². The fourth-order valence-electron chi connectivity index (χ4n) is 5.59. The minimum absolute atomic E-state index is 0. The number of aromatic nitrogens is 2. The molecule has 1 aromatic heterocycles. The lowest BCUT2D eigenvalue weighted by Gasteiger charge is -2.37. The van der Waals surface area contributed by atoms with Crippen LogP contribution in [0, 0.1) is 5.92 Å². The Kier molecular flexibility index (Phi) is 11.0. The highest BCUT2D eigenvalue weighted by Gasteiger charge is 2.38. The van der Waals surface area contributed by atoms with Crippen molar-refractivity contribution in [3.05, 3.63) is 41.2 Å². The molecule has 13 heteroatoms. The van der Waals surface area contributed by atoms with E-state index >= 15 is 0 Å². The van der Waals surface area contributed by atoms with Gasteiger partial charge in [0.15, 0.2) is 0 Å². The monoisotopic (exact) mass is 600 g/mol. The average molecular weight is 601 g/mol. The van der Waals surface area contributed by atoms with E-state index in [-0.39, 0.29) is 37.4 Å². The average Bonchev–Trinajstić information content (AvgIpc) is 2.89. The molecule has 0 spiro atoms. The number of ether oxygens (including phenoxy) is 1. The van der Waals surface area contributed by atoms with Crippen LogP contribution < -0.4 is 10.1 Å². The van der Waals surface area contributed by atoms with E-state index in [2.05, 4.69) is 32.1 Å². The van der Waals surface area contributed by atoms with Crippen LogP contribution in [0.15, 0.2) is 24.4 Å². The molecule has 1 aromatic carbocycles. The number of hydrogen-bond acceptors (Lipinski definition) is 8. The van der Waals surface area contributed by atoms with Crippen molar-refractivity contribution in [2.24, 2.45) is 5.92 Å². The molecular formula is C28H43F3N6O3S. The normalized spacial score (nSPS) is 21.0. The second-order valence-corrected chi connectivity index (χ2v) is 12.9. The van der Waals surface area contributed by atoms with Gasteiger partial charge in [0.2, 0.25) is 16.0 Å². The van der Waals surface area contributed by atoms with E-state index in [1.54, 1.807) is 7.11 Å². The molecule has 4 rings (SSSR count). The molecule has 1 aliphatic carbocycles. The van der Waals surface area contributed by atoms with E-state index < -0.39 is 21.8 Å². The molecular weight excluding hydrogens is 557 g/mol. The Morgan fingerprint density at radius 2 is 1.83 bits per heavy atom. The minimum Gasteiger partial charge on any atom is -0.495 e. The van der Waals surface area contributed by atoms with E-state index in [0.29, 0.717) is 24.3 Å². The number of hydrogen-bond donors (Lipinski definition) is 1. The fraction of sp³-hybridized carbons (Fsp3) is 0.643. The van der Waals surface area contributed by atoms with Crippen LogP contribution in [0.1, 0.15) is 49.9 Å². The Morgan fingerprint density at radius 1 is 1.15 bits per heavy atom. The second kappa shape index (κ2) is 13.7. The molecule has 2 heterocycles. The summed E-state index contributed by atoms with van der Waals surface area (Å²) >= 11 is 0. The Hall–Kier alpha value is -2.48. The van der Waals surface area contributed by atoms with Crippen molar-refractivity contribution in [2.45, 2.75) is 58.3 Å². The maximum atomic E-state index is 13.9. The molecule has 0 radical (unpaired) electrons. The van der Waals surface area contributed by atoms with Crippen LogP contribution >= 0.6 is 0 Å². The molecule has 2 atom stereocenters. The van der Waals surface area contributed by atoms with Crippen molar-refractivity contribution in [2.75, 3.05) is 59.0 Å². The zero-order valence-electron chi connectivity index (χ0n) is 23.5. The molecule has 9 nitrogen and oxygen atoms in total. The third-order valence-electron chi connectivity index (χ3n) is 8.00. The third kappa shape index (κ3) is 8.52. The molecule has 1 N–H and O–H groups in total. The number of likely N-dealkylation sites (N-methyl/N-ethyl adjacent to an activating group) is 1. The lowest BCUT2D eigenvalue weighted by atomic mass is 9.81. The lowest BCUT2D eigenvalue weighted by molar-refractivity contribution is -0.138. The second-order valence-electron chi connectivity index (χ2n) is 10.9. The van der Waals surface area contributed by atoms with Crippen LogP contribution in [-0.2, 0) is 29.2 Å². The van der Waals surface area contributed by atoms with Gasteiger partial charge in [-0.25, -0.2) is 22.7 Å². The van der Waals surface area contributed by atoms with Gasteiger partial charge in [0, 0.05) is 52.0 Å². The smallest absolute Gasteiger partial charge is 0.419 e. The molecule has 1 saturated heterocycles. The van der Waals surface area contributed by atoms with E-state index in [0.717, 1.165) is 63.6 Å². The first kappa shape index (κ1) is 33.0. The molecule has 1 saturated carbocycles. The number of alkyl halides is 3. The quantitative estimate of drug-likeness (QED) is 0.446. The molecule has 0 bridgehead atoms. The number of halogens is 3. The zero-order chi connectivity index (χ0) is 29.1. The summed E-state index contributed by atoms with van der Waals surface area (Å²) in [6.07, 6.45) is 0.164. The van der Waals surface area contributed by atoms with E-state index in [9.17, 15) is 21.6 Å². The largest absolute Gasteiger partial charge is 0.495 e. The summed E-state index contributed by atoms with van der Waals surface area (Å²) < 4.78 is 73.1. The summed E-state index contributed by atoms with van der Waals surface area (Å²) in [5.74, 6) is 0.275. The van der Waals surface area contributed by atoms with Crippen molar-refractivity contribution in [1.29, 1.82) is 0 Å². The van der Waals surface area contributed by atoms with Crippen LogP contribution in [0.2, 0.25) is 0 Å². The number of anilines is 2. The maximum absolute atomic E-state index is 13.9. The predicted octanol–water partition coefficient (Wildman–Crippen LogP) is 4.62. The standard InChI is InChI=1S/C27H39F3N6O3S.CH4/c1-34-11-13-36(14-12-34)18-19-9-10-22(25(15-19)39-3)32-26-31-17-21(27(28,29)30)23(33-26)16-20-7-5-6-8-24(20)35(2)40(4,37)38;/h9-10,15,17,20,24H,5-8,11-14,16,18H2,1-4H3,(H,31,32,33);1H4/t20-,24+;/m0./s1. The summed E-state index contributed by atoms with van der Waals surface area (Å²) in [7, 11) is 1.65. The molecule has 2 aliphatic rings. The first-order valence-corrected chi connectivity index (χ1v) is 15.4. The van der Waals surface area contributed by atoms with Gasteiger partial charge in [-0.05, 0) is 49.9 Å². The highest BCUT2D eigenvalue weighted by atomic mass is 32.2. The lowest BCUT2D eigenvalue weighted by Crippen LogP contribution is -2.44. The number of piperazine rings is 1. The Morgan fingerprint density at radius 3 is 2.46 bits per heavy atom. The van der Waals surface area contributed by atoms with Gasteiger partial charge in [-0.15, -0.1) is 0 Å². The van der Waals surface area contributed by atoms with Crippen LogP contribution in [0.5, 0.6) is 5.75 Å². The van der Waals surface area contributed by atoms with Gasteiger partial charge in [-0.2, -0.15) is 13.2 Å². The Balaban J connectivity index is 0.00000462. The number of nitrogens with one attached hydrogen (secondary N) is 1. The summed E-state index contributed by atoms with van der Waals surface area (Å²) in [5, 5.41) is 3.03. The number of methoxy groups -OCH3 is 1. The van der Waals surface area contributed by atoms with E-state index in [1.807, 2.05) is 18.2 Å². The highest BCUT2D eigenvalue weighted by Crippen LogP contribution is 2.37. The molecule has 41 heavy (non-hydrogen) atoms. The molecule has 0 unspecified atom stereocenters. The zero-order valence-corrected chi connectivity index (χ0v) is 24.4. The van der Waals surface area contributed by atoms with E-state index in [4.69, 9.17) is 4.74 Å². The van der Waals surface area contributed by atoms with Gasteiger partial charge in [0.1, 0.15) is 5.75 Å². The van der Waals surface area contributed by atoms with Crippen LogP contribution in [0.25, 0.3) is 0 Å². The Labute approximate surface area is 242 Å². The topological polar surface area (TPSA) is 90.9 Å². The molecule has 2 fully saturated rings. The van der Waals surface area contributed by atoms with Gasteiger partial charge in [0.25, 0.3) is 0 Å². The van der Waals surface area contributed by atoms with Crippen molar-refractivity contribution >= 4 is 21.7 Å². The first-order chi connectivity index (χ1) is 18.8. The molecule has 230 valence electrons. The number of benzene rings is 1. The maximum Gasteiger partial charge on any atom is 0.419 e. The number of nitrogens with zero attached hydrogens (tertiary/aromatic N) is 5. The third-order valence-corrected chi connectivity index (χ3v) is 9.32. The summed E-state index contributed by atoms with van der Waals surface area (Å²) in [6, 6.07) is 5.31. The first-order valence-electron chi connectivity index (χ1n) is 13.6. The van der Waals surface area contributed by atoms with Crippen molar-refractivity contribution in [1.82, 2.24) is 24.1 Å². The van der Waals surface area contributed by atoms with Crippen LogP contribution in [-0.4, -0.2) is 92.2 Å². The van der Waals surface area contributed by atoms with Crippen LogP contribution in [0.4, 0.5) is 24.8 Å². The molecule has 2 aromatic rings. The van der Waals surface area contributed by atoms with Crippen molar-refractivity contribution < 1.29 is 26.3 Å². The molecule has 0 amide bonds. The predicted molar refractivity (Wildman–Crippen MR) is 155 cm³/mol. The van der Waals surface area contributed by atoms with Crippen LogP contribution in [0.3, 0.4) is 0 Å². The van der Waals surface area contributed by atoms with E-state index in [1.165, 1.54) is 11.4 Å². The van der Waals surface area contributed by atoms with Gasteiger partial charge in [-0.3, -0.25) is 4.90 Å². The fourth-order valence-corrected chi connectivity index (χ4v) is 6.36. The van der Waals surface area contributed by atoms with Gasteiger partial charge < -0.3 is 15.0 Å². The van der Waals surface area contributed by atoms with Crippen molar-refractivity contribution in [3.63, 3.8) is 0 Å². The van der Waals surface area contributed by atoms with Gasteiger partial charge in [-0.1, -0.05) is 26.3 Å². The highest BCUT2D eigenvalue weighted by molar-refractivity contribution is 7.88. The SMILES string of the molecule is C.COc1cc(CN2CCN(C)CC2)ccc1Nc1ncc(C(F)(F)F)c(C[C@@H]2CCCC[C@H]2N(C)S(C)(=O)=O)n1.